The molecular weight excluding hydrogens is 128 g/mol. The third-order valence-corrected chi connectivity index (χ3v) is 1.65. The van der Waals surface area contributed by atoms with Crippen LogP contribution in [0.2, 0.25) is 5.82 Å². The van der Waals surface area contributed by atoms with Crippen LogP contribution in [0.15, 0.2) is 0 Å². The zero-order chi connectivity index (χ0) is 7.65. The van der Waals surface area contributed by atoms with E-state index < -0.39 is 12.8 Å². The molecule has 0 aromatic carbocycles. The Morgan fingerprint density at radius 2 is 1.33 bits per heavy atom. The van der Waals surface area contributed by atoms with E-state index in [1.54, 1.807) is 13.8 Å². The molecule has 1 atom stereocenters. The molecule has 0 rings (SSSR count). The van der Waals surface area contributed by atoms with Gasteiger partial charge in [-0.3, -0.25) is 0 Å². The van der Waals surface area contributed by atoms with Gasteiger partial charge in [-0.15, -0.1) is 0 Å². The molecule has 56 valence electrons. The molecule has 0 radical (unpaired) electrons. The van der Waals surface area contributed by atoms with Crippen LogP contribution in [0, 0.1) is 5.92 Å². The van der Waals surface area contributed by atoms with E-state index in [9.17, 15) is 12.9 Å². The van der Waals surface area contributed by atoms with Crippen molar-refractivity contribution in [3.05, 3.63) is 0 Å². The van der Waals surface area contributed by atoms with Crippen LogP contribution in [0.1, 0.15) is 20.8 Å². The molecule has 1 unspecified atom stereocenters. The van der Waals surface area contributed by atoms with Crippen molar-refractivity contribution in [2.75, 3.05) is 0 Å². The fraction of sp³-hybridized carbons (Fsp3) is 1.00. The summed E-state index contributed by atoms with van der Waals surface area (Å²) in [6.07, 6.45) is 0. The highest BCUT2D eigenvalue weighted by molar-refractivity contribution is 6.60. The average molecular weight is 139 g/mol. The molecule has 0 heterocycles. The summed E-state index contributed by atoms with van der Waals surface area (Å²) in [7, 11) is 0. The van der Waals surface area contributed by atoms with Gasteiger partial charge in [0, 0.05) is 0 Å². The summed E-state index contributed by atoms with van der Waals surface area (Å²) in [4.78, 5) is 0. The molecule has 0 aliphatic carbocycles. The van der Waals surface area contributed by atoms with Gasteiger partial charge in [0.25, 0.3) is 0 Å². The van der Waals surface area contributed by atoms with Crippen LogP contribution in [0.3, 0.4) is 0 Å². The summed E-state index contributed by atoms with van der Waals surface area (Å²) in [6.45, 7) is -0.213. The molecule has 0 aromatic rings. The Bertz CT molecular complexity index is 86.7. The molecule has 0 aliphatic heterocycles. The summed E-state index contributed by atoms with van der Waals surface area (Å²) in [5.41, 5.74) is 0. The number of rotatable bonds is 2. The Balaban J connectivity index is 3.88. The first kappa shape index (κ1) is 8.85. The molecule has 0 N–H and O–H groups in total. The van der Waals surface area contributed by atoms with E-state index in [1.165, 1.54) is 6.92 Å². The third-order valence-electron chi connectivity index (χ3n) is 1.65. The first-order valence-corrected chi connectivity index (χ1v) is 3.05. The van der Waals surface area contributed by atoms with Gasteiger partial charge < -0.3 is 12.9 Å². The van der Waals surface area contributed by atoms with Gasteiger partial charge in [0.1, 0.15) is 0 Å². The summed E-state index contributed by atoms with van der Waals surface area (Å²) in [6, 6.07) is 0. The Labute approximate surface area is 53.5 Å². The molecule has 0 aliphatic rings. The van der Waals surface area contributed by atoms with Crippen molar-refractivity contribution in [3.63, 3.8) is 0 Å². The molecule has 9 heavy (non-hydrogen) atoms. The van der Waals surface area contributed by atoms with Crippen molar-refractivity contribution in [1.29, 1.82) is 0 Å². The number of hydrogen-bond donors (Lipinski definition) is 0. The second kappa shape index (κ2) is 2.63. The second-order valence-electron chi connectivity index (χ2n) is 2.73. The van der Waals surface area contributed by atoms with Gasteiger partial charge in [0.2, 0.25) is 0 Å². The van der Waals surface area contributed by atoms with Crippen LogP contribution in [0.4, 0.5) is 12.9 Å². The lowest BCUT2D eigenvalue weighted by molar-refractivity contribution is 0.402. The first-order valence-electron chi connectivity index (χ1n) is 3.05. The Morgan fingerprint density at radius 3 is 1.33 bits per heavy atom. The highest BCUT2D eigenvalue weighted by atomic mass is 19.4. The van der Waals surface area contributed by atoms with Gasteiger partial charge in [-0.1, -0.05) is 32.5 Å². The predicted molar refractivity (Wildman–Crippen MR) is 33.3 cm³/mol. The van der Waals surface area contributed by atoms with Gasteiger partial charge in [-0.2, -0.15) is 0 Å². The van der Waals surface area contributed by atoms with E-state index in [1.807, 2.05) is 0 Å². The van der Waals surface area contributed by atoms with E-state index in [4.69, 9.17) is 0 Å². The van der Waals surface area contributed by atoms with E-state index in [2.05, 4.69) is 0 Å². The van der Waals surface area contributed by atoms with Gasteiger partial charge in [-0.05, 0) is 0 Å². The van der Waals surface area contributed by atoms with Crippen molar-refractivity contribution in [3.8, 4) is 0 Å². The van der Waals surface area contributed by atoms with Gasteiger partial charge >= 0.3 is 6.98 Å². The Morgan fingerprint density at radius 1 is 1.00 bits per heavy atom. The third kappa shape index (κ3) is 2.77. The van der Waals surface area contributed by atoms with Crippen molar-refractivity contribution < 1.29 is 12.9 Å². The normalized spacial score (nSPS) is 16.3. The fourth-order valence-corrected chi connectivity index (χ4v) is 0.436. The lowest BCUT2D eigenvalue weighted by atomic mass is 9.68. The maximum Gasteiger partial charge on any atom is 0.481 e. The topological polar surface area (TPSA) is 0 Å². The lowest BCUT2D eigenvalue weighted by Crippen LogP contribution is -2.25. The summed E-state index contributed by atoms with van der Waals surface area (Å²) >= 11 is 0. The number of hydrogen-bond acceptors (Lipinski definition) is 0. The highest BCUT2D eigenvalue weighted by Crippen LogP contribution is 2.31. The zero-order valence-electron chi connectivity index (χ0n) is 5.87. The zero-order valence-corrected chi connectivity index (χ0v) is 5.87. The fourth-order valence-electron chi connectivity index (χ4n) is 0.436. The van der Waals surface area contributed by atoms with Crippen LogP contribution in [-0.2, 0) is 0 Å². The average Bonchev–Trinajstić information content (AvgIpc) is 1.62. The SMILES string of the molecule is CC(C)C(C)[B-](F)(F)F. The maximum atomic E-state index is 11.8. The quantitative estimate of drug-likeness (QED) is 0.516. The first-order chi connectivity index (χ1) is 3.85. The van der Waals surface area contributed by atoms with E-state index >= 15 is 0 Å². The van der Waals surface area contributed by atoms with Crippen molar-refractivity contribution >= 4 is 6.98 Å². The van der Waals surface area contributed by atoms with Crippen molar-refractivity contribution in [1.82, 2.24) is 0 Å². The number of halogens is 3. The van der Waals surface area contributed by atoms with E-state index in [0.29, 0.717) is 0 Å². The standard InChI is InChI=1S/C5H11BF3/c1-4(2)5(3)6(7,8)9/h4-5H,1-3H3/q-1. The lowest BCUT2D eigenvalue weighted by Gasteiger charge is -2.25. The molecule has 0 saturated carbocycles. The molecule has 0 fully saturated rings. The Kier molecular flexibility index (Phi) is 2.58. The van der Waals surface area contributed by atoms with Gasteiger partial charge in [-0.25, -0.2) is 0 Å². The molecular formula is C5H11BF3-. The van der Waals surface area contributed by atoms with Crippen molar-refractivity contribution in [2.24, 2.45) is 5.92 Å². The minimum Gasteiger partial charge on any atom is -0.449 e. The minimum atomic E-state index is -4.61. The monoisotopic (exact) mass is 139 g/mol. The molecule has 0 nitrogen and oxygen atoms in total. The smallest absolute Gasteiger partial charge is 0.449 e. The molecule has 0 aromatic heterocycles. The van der Waals surface area contributed by atoms with E-state index in [0.717, 1.165) is 0 Å². The van der Waals surface area contributed by atoms with Crippen LogP contribution in [-0.4, -0.2) is 6.98 Å². The molecule has 4 heteroatoms. The van der Waals surface area contributed by atoms with Gasteiger partial charge in [0.05, 0.1) is 0 Å². The highest BCUT2D eigenvalue weighted by Gasteiger charge is 2.32. The molecule has 0 saturated heterocycles. The predicted octanol–water partition coefficient (Wildman–Crippen LogP) is 2.88. The summed E-state index contributed by atoms with van der Waals surface area (Å²) < 4.78 is 35.3. The summed E-state index contributed by atoms with van der Waals surface area (Å²) in [5, 5.41) is 0. The molecule has 0 amide bonds. The van der Waals surface area contributed by atoms with Crippen molar-refractivity contribution in [2.45, 2.75) is 26.6 Å². The molecule has 0 spiro atoms. The maximum absolute atomic E-state index is 11.8. The van der Waals surface area contributed by atoms with Crippen LogP contribution < -0.4 is 0 Å². The van der Waals surface area contributed by atoms with E-state index in [-0.39, 0.29) is 5.92 Å². The van der Waals surface area contributed by atoms with Gasteiger partial charge in [0.15, 0.2) is 0 Å². The molecule has 0 bridgehead atoms. The second-order valence-corrected chi connectivity index (χ2v) is 2.73. The Hall–Kier alpha value is -0.145. The summed E-state index contributed by atoms with van der Waals surface area (Å²) in [5.74, 6) is -1.41. The minimum absolute atomic E-state index is 0.287. The van der Waals surface area contributed by atoms with Crippen LogP contribution >= 0.6 is 0 Å². The van der Waals surface area contributed by atoms with Crippen LogP contribution in [0.25, 0.3) is 0 Å². The van der Waals surface area contributed by atoms with Crippen LogP contribution in [0.5, 0.6) is 0 Å². The largest absolute Gasteiger partial charge is 0.481 e.